The van der Waals surface area contributed by atoms with E-state index in [0.717, 1.165) is 35.4 Å². The molecule has 5 rings (SSSR count). The van der Waals surface area contributed by atoms with Crippen LogP contribution in [0.2, 0.25) is 0 Å². The molecule has 0 aliphatic carbocycles. The molecule has 2 aliphatic heterocycles. The third kappa shape index (κ3) is 6.40. The first kappa shape index (κ1) is 29.4. The number of aliphatic hydroxyl groups excluding tert-OH is 1. The highest BCUT2D eigenvalue weighted by atomic mass is 32.2. The summed E-state index contributed by atoms with van der Waals surface area (Å²) in [6.45, 7) is 3.69. The van der Waals surface area contributed by atoms with Gasteiger partial charge in [-0.3, -0.25) is 9.10 Å². The van der Waals surface area contributed by atoms with Crippen LogP contribution in [0.4, 0.5) is 14.5 Å². The van der Waals surface area contributed by atoms with Gasteiger partial charge in [-0.25, -0.2) is 17.2 Å². The minimum atomic E-state index is -3.59. The Morgan fingerprint density at radius 1 is 1.15 bits per heavy atom. The number of halogens is 2. The Bertz CT molecular complexity index is 1520. The number of rotatable bonds is 9. The van der Waals surface area contributed by atoms with Crippen LogP contribution in [-0.4, -0.2) is 74.7 Å². The van der Waals surface area contributed by atoms with Crippen molar-refractivity contribution in [2.45, 2.75) is 57.3 Å². The molecule has 2 aliphatic rings. The summed E-state index contributed by atoms with van der Waals surface area (Å²) in [5.74, 6) is -2.09. The number of carbonyl (C=O) groups excluding carboxylic acids is 1. The molecule has 12 heteroatoms. The van der Waals surface area contributed by atoms with E-state index in [2.05, 4.69) is 10.6 Å². The van der Waals surface area contributed by atoms with Gasteiger partial charge in [-0.05, 0) is 61.1 Å². The number of anilines is 1. The monoisotopic (exact) mass is 590 g/mol. The number of carbonyl (C=O) groups is 1. The number of sulfonamides is 1. The maximum Gasteiger partial charge on any atom is 0.251 e. The van der Waals surface area contributed by atoms with Crippen LogP contribution in [-0.2, 0) is 34.1 Å². The van der Waals surface area contributed by atoms with Crippen molar-refractivity contribution in [1.82, 2.24) is 15.2 Å². The minimum Gasteiger partial charge on any atom is -0.390 e. The Morgan fingerprint density at radius 3 is 2.54 bits per heavy atom. The number of aliphatic hydroxyl groups is 1. The Labute approximate surface area is 238 Å². The van der Waals surface area contributed by atoms with Crippen LogP contribution >= 0.6 is 0 Å². The van der Waals surface area contributed by atoms with Gasteiger partial charge in [0, 0.05) is 62.6 Å². The van der Waals surface area contributed by atoms with Gasteiger partial charge in [-0.1, -0.05) is 6.92 Å². The highest BCUT2D eigenvalue weighted by Crippen LogP contribution is 2.35. The molecule has 9 nitrogen and oxygen atoms in total. The van der Waals surface area contributed by atoms with Crippen LogP contribution in [0.25, 0.3) is 10.9 Å². The van der Waals surface area contributed by atoms with Crippen LogP contribution in [0.5, 0.6) is 0 Å². The van der Waals surface area contributed by atoms with Crippen molar-refractivity contribution in [3.63, 3.8) is 0 Å². The molecule has 1 amide bonds. The number of hydrogen-bond acceptors (Lipinski definition) is 6. The van der Waals surface area contributed by atoms with E-state index >= 15 is 0 Å². The summed E-state index contributed by atoms with van der Waals surface area (Å²) in [5, 5.41) is 18.1. The fraction of sp³-hybridized carbons (Fsp3) is 0.483. The van der Waals surface area contributed by atoms with Gasteiger partial charge < -0.3 is 25.0 Å². The van der Waals surface area contributed by atoms with E-state index in [1.165, 1.54) is 23.5 Å². The van der Waals surface area contributed by atoms with Gasteiger partial charge in [-0.15, -0.1) is 0 Å². The molecule has 3 aromatic rings. The Kier molecular flexibility index (Phi) is 8.65. The molecule has 0 spiro atoms. The number of hydrogen-bond donors (Lipinski definition) is 3. The number of benzene rings is 2. The molecule has 1 unspecified atom stereocenters. The third-order valence-corrected chi connectivity index (χ3v) is 9.75. The van der Waals surface area contributed by atoms with Gasteiger partial charge in [0.25, 0.3) is 5.91 Å². The van der Waals surface area contributed by atoms with Gasteiger partial charge in [0.2, 0.25) is 10.0 Å². The third-order valence-electron chi connectivity index (χ3n) is 8.02. The molecule has 222 valence electrons. The second kappa shape index (κ2) is 12.0. The van der Waals surface area contributed by atoms with E-state index in [1.807, 2.05) is 17.7 Å². The number of nitrogens with zero attached hydrogens (tertiary/aromatic N) is 2. The number of ether oxygens (including phenoxy) is 1. The summed E-state index contributed by atoms with van der Waals surface area (Å²) < 4.78 is 62.2. The Morgan fingerprint density at radius 2 is 1.85 bits per heavy atom. The van der Waals surface area contributed by atoms with Crippen LogP contribution < -0.4 is 14.9 Å². The van der Waals surface area contributed by atoms with E-state index in [9.17, 15) is 27.1 Å². The summed E-state index contributed by atoms with van der Waals surface area (Å²) in [5.41, 5.74) is 2.64. The largest absolute Gasteiger partial charge is 0.390 e. The lowest BCUT2D eigenvalue weighted by atomic mass is 9.99. The molecule has 41 heavy (non-hydrogen) atoms. The van der Waals surface area contributed by atoms with Crippen LogP contribution in [0.1, 0.15) is 41.3 Å². The maximum atomic E-state index is 14.0. The molecule has 3 heterocycles. The van der Waals surface area contributed by atoms with Crippen molar-refractivity contribution < 1.29 is 31.8 Å². The Balaban J connectivity index is 1.46. The van der Waals surface area contributed by atoms with Crippen molar-refractivity contribution in [3.05, 3.63) is 64.9 Å². The second-order valence-corrected chi connectivity index (χ2v) is 12.9. The predicted octanol–water partition coefficient (Wildman–Crippen LogP) is 2.73. The molecule has 2 atom stereocenters. The zero-order valence-corrected chi connectivity index (χ0v) is 24.0. The quantitative estimate of drug-likeness (QED) is 0.354. The van der Waals surface area contributed by atoms with Crippen molar-refractivity contribution in [3.8, 4) is 0 Å². The topological polar surface area (TPSA) is 113 Å². The molecule has 3 N–H and O–H groups in total. The van der Waals surface area contributed by atoms with Crippen molar-refractivity contribution in [2.75, 3.05) is 36.9 Å². The first-order valence-electron chi connectivity index (χ1n) is 13.9. The van der Waals surface area contributed by atoms with Crippen molar-refractivity contribution in [1.29, 1.82) is 0 Å². The maximum absolute atomic E-state index is 14.0. The van der Waals surface area contributed by atoms with Gasteiger partial charge >= 0.3 is 0 Å². The van der Waals surface area contributed by atoms with Crippen molar-refractivity contribution >= 4 is 32.5 Å². The van der Waals surface area contributed by atoms with Gasteiger partial charge in [0.15, 0.2) is 0 Å². The lowest BCUT2D eigenvalue weighted by Gasteiger charge is -2.28. The Hall–Kier alpha value is -3.06. The van der Waals surface area contributed by atoms with Gasteiger partial charge in [0.05, 0.1) is 29.1 Å². The molecule has 1 fully saturated rings. The average Bonchev–Trinajstić information content (AvgIpc) is 3.27. The average molecular weight is 591 g/mol. The zero-order chi connectivity index (χ0) is 29.3. The first-order valence-corrected chi connectivity index (χ1v) is 15.5. The smallest absolute Gasteiger partial charge is 0.251 e. The summed E-state index contributed by atoms with van der Waals surface area (Å²) >= 11 is 0. The lowest BCUT2D eigenvalue weighted by Crippen LogP contribution is -2.50. The number of amides is 1. The van der Waals surface area contributed by atoms with E-state index < -0.39 is 39.7 Å². The van der Waals surface area contributed by atoms with Crippen molar-refractivity contribution in [2.24, 2.45) is 0 Å². The van der Waals surface area contributed by atoms with E-state index in [0.29, 0.717) is 31.9 Å². The van der Waals surface area contributed by atoms with Gasteiger partial charge in [-0.2, -0.15) is 0 Å². The summed E-state index contributed by atoms with van der Waals surface area (Å²) in [4.78, 5) is 13.7. The standard InChI is InChI=1S/C29H36F2N4O5S/c1-3-19-17-35-6-9-41(38,39)34(2)26-14-20(13-24(19)28(26)35)29(37)33-25(12-18-10-21(30)15-22(31)11-18)27(36)16-32-23-4-7-40-8-5-23/h10-11,13-15,17,23,25,27,32,36H,3-9,12,16H2,1-2H3,(H,33,37)/t25-,27?/m0/s1. The summed E-state index contributed by atoms with van der Waals surface area (Å²) in [6.07, 6.45) is 3.10. The SMILES string of the molecule is CCc1cn2c3c(cc(C(=O)N[C@@H](Cc4cc(F)cc(F)c4)C(O)CNC4CCOCC4)cc13)N(C)S(=O)(=O)CC2. The second-order valence-electron chi connectivity index (χ2n) is 10.8. The van der Waals surface area contributed by atoms with E-state index in [4.69, 9.17) is 4.74 Å². The normalized spacial score (nSPS) is 18.7. The summed E-state index contributed by atoms with van der Waals surface area (Å²) in [6, 6.07) is 5.67. The summed E-state index contributed by atoms with van der Waals surface area (Å²) in [7, 11) is -2.12. The molecular formula is C29H36F2N4O5S. The van der Waals surface area contributed by atoms with Crippen LogP contribution in [0.3, 0.4) is 0 Å². The molecule has 1 aromatic heterocycles. The highest BCUT2D eigenvalue weighted by Gasteiger charge is 2.30. The minimum absolute atomic E-state index is 0.0169. The van der Waals surface area contributed by atoms with Crippen LogP contribution in [0.15, 0.2) is 36.5 Å². The van der Waals surface area contributed by atoms with E-state index in [-0.39, 0.29) is 35.9 Å². The fourth-order valence-corrected chi connectivity index (χ4v) is 6.81. The fourth-order valence-electron chi connectivity index (χ4n) is 5.67. The lowest BCUT2D eigenvalue weighted by molar-refractivity contribution is 0.0657. The van der Waals surface area contributed by atoms with Crippen LogP contribution in [0, 0.1) is 11.6 Å². The molecule has 0 saturated carbocycles. The number of aryl methyl sites for hydroxylation is 2. The highest BCUT2D eigenvalue weighted by molar-refractivity contribution is 7.92. The molecule has 0 bridgehead atoms. The predicted molar refractivity (Wildman–Crippen MR) is 153 cm³/mol. The molecule has 1 saturated heterocycles. The zero-order valence-electron chi connectivity index (χ0n) is 23.2. The molecule has 0 radical (unpaired) electrons. The van der Waals surface area contributed by atoms with E-state index in [1.54, 1.807) is 12.1 Å². The number of aromatic nitrogens is 1. The van der Waals surface area contributed by atoms with Gasteiger partial charge in [0.1, 0.15) is 11.6 Å². The number of nitrogens with one attached hydrogen (secondary N) is 2. The molecule has 2 aromatic carbocycles. The first-order chi connectivity index (χ1) is 19.6. The molecular weight excluding hydrogens is 554 g/mol.